The van der Waals surface area contributed by atoms with Crippen LogP contribution in [0.4, 0.5) is 0 Å². The summed E-state index contributed by atoms with van der Waals surface area (Å²) in [5.41, 5.74) is -0.486. The first-order valence-electron chi connectivity index (χ1n) is 7.65. The number of carboxylic acids is 1. The predicted octanol–water partition coefficient (Wildman–Crippen LogP) is 5.12. The van der Waals surface area contributed by atoms with Gasteiger partial charge >= 0.3 is 5.97 Å². The fourth-order valence-electron chi connectivity index (χ4n) is 3.30. The molecule has 2 nitrogen and oxygen atoms in total. The van der Waals surface area contributed by atoms with E-state index in [1.807, 2.05) is 6.92 Å². The summed E-state index contributed by atoms with van der Waals surface area (Å²) < 4.78 is 0. The zero-order valence-electron chi connectivity index (χ0n) is 13.0. The molecule has 3 atom stereocenters. The monoisotopic (exact) mass is 256 g/mol. The molecule has 0 saturated carbocycles. The van der Waals surface area contributed by atoms with Crippen LogP contribution in [0, 0.1) is 17.3 Å². The van der Waals surface area contributed by atoms with Crippen molar-refractivity contribution >= 4 is 5.97 Å². The number of carbonyl (C=O) groups is 1. The van der Waals surface area contributed by atoms with Crippen molar-refractivity contribution in [2.75, 3.05) is 0 Å². The lowest BCUT2D eigenvalue weighted by molar-refractivity contribution is -0.151. The van der Waals surface area contributed by atoms with Gasteiger partial charge in [-0.1, -0.05) is 53.9 Å². The normalized spacial score (nSPS) is 18.1. The molecule has 0 rings (SSSR count). The van der Waals surface area contributed by atoms with E-state index in [1.165, 1.54) is 12.8 Å². The van der Waals surface area contributed by atoms with Crippen molar-refractivity contribution in [1.29, 1.82) is 0 Å². The Morgan fingerprint density at radius 3 is 2.11 bits per heavy atom. The van der Waals surface area contributed by atoms with E-state index >= 15 is 0 Å². The van der Waals surface area contributed by atoms with E-state index in [1.54, 1.807) is 0 Å². The number of aliphatic carboxylic acids is 1. The van der Waals surface area contributed by atoms with Crippen molar-refractivity contribution in [1.82, 2.24) is 0 Å². The van der Waals surface area contributed by atoms with E-state index in [9.17, 15) is 9.90 Å². The third-order valence-corrected chi connectivity index (χ3v) is 4.18. The molecule has 108 valence electrons. The Morgan fingerprint density at radius 2 is 1.72 bits per heavy atom. The summed E-state index contributed by atoms with van der Waals surface area (Å²) in [6, 6.07) is 0. The second-order valence-electron chi connectivity index (χ2n) is 6.13. The minimum Gasteiger partial charge on any atom is -0.481 e. The number of carboxylic acid groups (broad SMARTS) is 1. The van der Waals surface area contributed by atoms with Gasteiger partial charge in [0.2, 0.25) is 0 Å². The Labute approximate surface area is 113 Å². The Bertz CT molecular complexity index is 237. The quantitative estimate of drug-likeness (QED) is 0.589. The van der Waals surface area contributed by atoms with Gasteiger partial charge in [0.1, 0.15) is 0 Å². The van der Waals surface area contributed by atoms with Crippen LogP contribution < -0.4 is 0 Å². The predicted molar refractivity (Wildman–Crippen MR) is 77.7 cm³/mol. The van der Waals surface area contributed by atoms with Crippen LogP contribution in [0.5, 0.6) is 0 Å². The number of hydrogen-bond donors (Lipinski definition) is 1. The van der Waals surface area contributed by atoms with Crippen molar-refractivity contribution < 1.29 is 9.90 Å². The molecule has 0 radical (unpaired) electrons. The topological polar surface area (TPSA) is 37.3 Å². The molecule has 3 unspecified atom stereocenters. The first-order valence-corrected chi connectivity index (χ1v) is 7.65. The zero-order valence-corrected chi connectivity index (χ0v) is 13.0. The van der Waals surface area contributed by atoms with Gasteiger partial charge in [0, 0.05) is 0 Å². The molecule has 0 aliphatic heterocycles. The summed E-state index contributed by atoms with van der Waals surface area (Å²) in [6.45, 7) is 10.8. The van der Waals surface area contributed by atoms with E-state index in [-0.39, 0.29) is 0 Å². The van der Waals surface area contributed by atoms with Crippen molar-refractivity contribution in [2.24, 2.45) is 17.3 Å². The van der Waals surface area contributed by atoms with Gasteiger partial charge < -0.3 is 5.11 Å². The van der Waals surface area contributed by atoms with E-state index < -0.39 is 11.4 Å². The van der Waals surface area contributed by atoms with E-state index in [0.717, 1.165) is 38.0 Å². The number of rotatable bonds is 10. The maximum Gasteiger partial charge on any atom is 0.309 e. The van der Waals surface area contributed by atoms with Gasteiger partial charge in [0.25, 0.3) is 0 Å². The molecule has 0 heterocycles. The van der Waals surface area contributed by atoms with E-state index in [0.29, 0.717) is 5.92 Å². The average molecular weight is 256 g/mol. The van der Waals surface area contributed by atoms with Crippen molar-refractivity contribution in [3.63, 3.8) is 0 Å². The first kappa shape index (κ1) is 17.5. The van der Waals surface area contributed by atoms with Gasteiger partial charge in [-0.3, -0.25) is 4.79 Å². The summed E-state index contributed by atoms with van der Waals surface area (Å²) in [6.07, 6.45) is 6.99. The molecule has 0 bridgehead atoms. The lowest BCUT2D eigenvalue weighted by atomic mass is 9.72. The minimum atomic E-state index is -0.596. The van der Waals surface area contributed by atoms with Gasteiger partial charge in [0.15, 0.2) is 0 Å². The van der Waals surface area contributed by atoms with Crippen molar-refractivity contribution in [3.8, 4) is 0 Å². The van der Waals surface area contributed by atoms with E-state index in [4.69, 9.17) is 0 Å². The smallest absolute Gasteiger partial charge is 0.309 e. The largest absolute Gasteiger partial charge is 0.481 e. The summed E-state index contributed by atoms with van der Waals surface area (Å²) in [7, 11) is 0. The molecule has 18 heavy (non-hydrogen) atoms. The molecule has 0 aliphatic carbocycles. The van der Waals surface area contributed by atoms with Crippen LogP contribution in [0.3, 0.4) is 0 Å². The molecule has 1 N–H and O–H groups in total. The second kappa shape index (κ2) is 8.55. The van der Waals surface area contributed by atoms with Gasteiger partial charge in [-0.25, -0.2) is 0 Å². The maximum atomic E-state index is 11.6. The molecule has 0 aromatic heterocycles. The van der Waals surface area contributed by atoms with Crippen LogP contribution in [-0.2, 0) is 4.79 Å². The van der Waals surface area contributed by atoms with Gasteiger partial charge in [-0.05, 0) is 37.5 Å². The van der Waals surface area contributed by atoms with Crippen molar-refractivity contribution in [2.45, 2.75) is 79.6 Å². The number of hydrogen-bond acceptors (Lipinski definition) is 1. The highest BCUT2D eigenvalue weighted by atomic mass is 16.4. The molecule has 0 aromatic carbocycles. The molecule has 0 spiro atoms. The average Bonchev–Trinajstić information content (AvgIpc) is 2.28. The molecule has 0 aromatic rings. The third-order valence-electron chi connectivity index (χ3n) is 4.18. The fraction of sp³-hybridized carbons (Fsp3) is 0.938. The Balaban J connectivity index is 4.52. The maximum absolute atomic E-state index is 11.6. The van der Waals surface area contributed by atoms with Gasteiger partial charge in [0.05, 0.1) is 5.41 Å². The molecule has 0 amide bonds. The fourth-order valence-corrected chi connectivity index (χ4v) is 3.30. The van der Waals surface area contributed by atoms with Gasteiger partial charge in [-0.15, -0.1) is 0 Å². The molecule has 0 aliphatic rings. The van der Waals surface area contributed by atoms with Crippen LogP contribution in [0.15, 0.2) is 0 Å². The van der Waals surface area contributed by atoms with Crippen LogP contribution in [0.1, 0.15) is 79.6 Å². The highest BCUT2D eigenvalue weighted by molar-refractivity contribution is 5.74. The molecule has 0 saturated heterocycles. The summed E-state index contributed by atoms with van der Waals surface area (Å²) in [4.78, 5) is 11.6. The summed E-state index contributed by atoms with van der Waals surface area (Å²) in [5.74, 6) is 0.631. The minimum absolute atomic E-state index is 0.486. The lowest BCUT2D eigenvalue weighted by Gasteiger charge is -2.31. The Morgan fingerprint density at radius 1 is 1.11 bits per heavy atom. The van der Waals surface area contributed by atoms with E-state index in [2.05, 4.69) is 27.7 Å². The molecular formula is C16H32O2. The first-order chi connectivity index (χ1) is 8.41. The van der Waals surface area contributed by atoms with Crippen LogP contribution in [-0.4, -0.2) is 11.1 Å². The SMILES string of the molecule is CCCC(C)CC(C)CC(CC)(CCC)C(=O)O. The van der Waals surface area contributed by atoms with Crippen LogP contribution in [0.25, 0.3) is 0 Å². The summed E-state index contributed by atoms with van der Waals surface area (Å²) in [5, 5.41) is 9.54. The third kappa shape index (κ3) is 5.41. The standard InChI is InChI=1S/C16H32O2/c1-6-9-13(4)11-14(5)12-16(8-3,10-7-2)15(17)18/h13-14H,6-12H2,1-5H3,(H,17,18). The summed E-state index contributed by atoms with van der Waals surface area (Å²) >= 11 is 0. The lowest BCUT2D eigenvalue weighted by Crippen LogP contribution is -2.32. The van der Waals surface area contributed by atoms with Gasteiger partial charge in [-0.2, -0.15) is 0 Å². The molecule has 0 fully saturated rings. The highest BCUT2D eigenvalue weighted by Crippen LogP contribution is 2.37. The molecule has 2 heteroatoms. The van der Waals surface area contributed by atoms with Crippen molar-refractivity contribution in [3.05, 3.63) is 0 Å². The Kier molecular flexibility index (Phi) is 8.30. The molecular weight excluding hydrogens is 224 g/mol. The van der Waals surface area contributed by atoms with Crippen LogP contribution >= 0.6 is 0 Å². The Hall–Kier alpha value is -0.530. The van der Waals surface area contributed by atoms with Crippen LogP contribution in [0.2, 0.25) is 0 Å². The zero-order chi connectivity index (χ0) is 14.2. The second-order valence-corrected chi connectivity index (χ2v) is 6.13. The highest BCUT2D eigenvalue weighted by Gasteiger charge is 2.37.